The second-order valence-electron chi connectivity index (χ2n) is 5.49. The summed E-state index contributed by atoms with van der Waals surface area (Å²) in [7, 11) is 0. The highest BCUT2D eigenvalue weighted by molar-refractivity contribution is 7.15. The Balaban J connectivity index is 1.64. The van der Waals surface area contributed by atoms with E-state index in [-0.39, 0.29) is 29.8 Å². The third-order valence-corrected chi connectivity index (χ3v) is 5.15. The van der Waals surface area contributed by atoms with Crippen molar-refractivity contribution in [3.05, 3.63) is 21.7 Å². The number of ether oxygens (including phenoxy) is 1. The molecule has 0 amide bonds. The number of nitrogens with one attached hydrogen (secondary N) is 1. The molecule has 9 heteroatoms. The highest BCUT2D eigenvalue weighted by atomic mass is 32.1. The normalized spacial score (nSPS) is 31.7. The highest BCUT2D eigenvalue weighted by Gasteiger charge is 2.51. The Kier molecular flexibility index (Phi) is 2.88. The maximum Gasteiger partial charge on any atom is 0.372 e. The molecule has 2 fully saturated rings. The van der Waals surface area contributed by atoms with Gasteiger partial charge in [0.15, 0.2) is 0 Å². The number of aromatic nitrogens is 2. The molecule has 2 aromatic rings. The van der Waals surface area contributed by atoms with Crippen molar-refractivity contribution in [2.45, 2.75) is 31.0 Å². The lowest BCUT2D eigenvalue weighted by molar-refractivity contribution is -0.389. The lowest BCUT2D eigenvalue weighted by Crippen LogP contribution is -2.69. The summed E-state index contributed by atoms with van der Waals surface area (Å²) in [5, 5.41) is 16.2. The lowest BCUT2D eigenvalue weighted by Gasteiger charge is -2.52. The van der Waals surface area contributed by atoms with E-state index in [9.17, 15) is 10.1 Å². The van der Waals surface area contributed by atoms with E-state index in [0.29, 0.717) is 10.9 Å². The number of hydrogen-bond donors (Lipinski definition) is 2. The number of anilines is 1. The Labute approximate surface area is 124 Å². The number of thiazole rings is 1. The standard InChI is InChI=1S/C12H15N5O3S/c13-7-6-2-1-4-20-9(6)8(7)14-10-11(17(18)19)16-3-5-21-12(16)15-10/h3,5-9,14H,1-2,4,13H2. The van der Waals surface area contributed by atoms with Gasteiger partial charge in [0.25, 0.3) is 4.96 Å². The van der Waals surface area contributed by atoms with Crippen LogP contribution in [0.5, 0.6) is 0 Å². The van der Waals surface area contributed by atoms with Crippen LogP contribution in [-0.2, 0) is 4.74 Å². The van der Waals surface area contributed by atoms with Crippen LogP contribution in [0.1, 0.15) is 12.8 Å². The van der Waals surface area contributed by atoms with Crippen LogP contribution in [-0.4, -0.2) is 39.1 Å². The quantitative estimate of drug-likeness (QED) is 0.652. The summed E-state index contributed by atoms with van der Waals surface area (Å²) in [6.45, 7) is 0.729. The van der Waals surface area contributed by atoms with Crippen molar-refractivity contribution in [3.8, 4) is 0 Å². The maximum absolute atomic E-state index is 11.3. The summed E-state index contributed by atoms with van der Waals surface area (Å²) < 4.78 is 7.23. The maximum atomic E-state index is 11.3. The molecule has 0 radical (unpaired) electrons. The topological polar surface area (TPSA) is 108 Å². The highest BCUT2D eigenvalue weighted by Crippen LogP contribution is 2.40. The fraction of sp³-hybridized carbons (Fsp3) is 0.583. The van der Waals surface area contributed by atoms with Gasteiger partial charge in [0.05, 0.1) is 12.1 Å². The van der Waals surface area contributed by atoms with Crippen molar-refractivity contribution in [1.82, 2.24) is 9.38 Å². The molecule has 1 saturated carbocycles. The summed E-state index contributed by atoms with van der Waals surface area (Å²) in [6.07, 6.45) is 3.77. The predicted octanol–water partition coefficient (Wildman–Crippen LogP) is 1.22. The van der Waals surface area contributed by atoms with Gasteiger partial charge >= 0.3 is 5.82 Å². The van der Waals surface area contributed by atoms with Gasteiger partial charge in [-0.3, -0.25) is 0 Å². The van der Waals surface area contributed by atoms with E-state index < -0.39 is 4.92 Å². The van der Waals surface area contributed by atoms with Crippen LogP contribution in [0.3, 0.4) is 0 Å². The fourth-order valence-electron chi connectivity index (χ4n) is 3.33. The molecule has 3 N–H and O–H groups in total. The largest absolute Gasteiger partial charge is 0.376 e. The summed E-state index contributed by atoms with van der Waals surface area (Å²) in [6, 6.07) is -0.159. The zero-order valence-electron chi connectivity index (χ0n) is 11.1. The molecule has 3 heterocycles. The number of rotatable bonds is 3. The minimum atomic E-state index is -0.418. The van der Waals surface area contributed by atoms with Crippen molar-refractivity contribution < 1.29 is 9.66 Å². The second-order valence-corrected chi connectivity index (χ2v) is 6.36. The number of nitrogens with two attached hydrogens (primary N) is 1. The molecule has 4 unspecified atom stereocenters. The number of imidazole rings is 1. The molecule has 112 valence electrons. The third-order valence-electron chi connectivity index (χ3n) is 4.39. The molecule has 1 aliphatic heterocycles. The van der Waals surface area contributed by atoms with Gasteiger partial charge in [0, 0.05) is 23.9 Å². The molecule has 2 aromatic heterocycles. The first-order valence-corrected chi connectivity index (χ1v) is 7.78. The first kappa shape index (κ1) is 13.0. The Hall–Kier alpha value is -1.71. The average Bonchev–Trinajstić information content (AvgIpc) is 3.03. The zero-order valence-corrected chi connectivity index (χ0v) is 12.0. The zero-order chi connectivity index (χ0) is 14.6. The van der Waals surface area contributed by atoms with Crippen LogP contribution in [0.4, 0.5) is 11.6 Å². The minimum Gasteiger partial charge on any atom is -0.376 e. The van der Waals surface area contributed by atoms with Gasteiger partial charge in [0.2, 0.25) is 5.82 Å². The lowest BCUT2D eigenvalue weighted by atomic mass is 9.68. The first-order chi connectivity index (χ1) is 10.2. The van der Waals surface area contributed by atoms with E-state index >= 15 is 0 Å². The summed E-state index contributed by atoms with van der Waals surface area (Å²) in [4.78, 5) is 15.8. The van der Waals surface area contributed by atoms with Crippen molar-refractivity contribution in [2.75, 3.05) is 11.9 Å². The number of fused-ring (bicyclic) bond motifs is 2. The Morgan fingerprint density at radius 3 is 3.29 bits per heavy atom. The van der Waals surface area contributed by atoms with Crippen LogP contribution in [0, 0.1) is 16.0 Å². The molecule has 4 rings (SSSR count). The van der Waals surface area contributed by atoms with Gasteiger partial charge in [-0.2, -0.15) is 9.38 Å². The Morgan fingerprint density at radius 2 is 2.48 bits per heavy atom. The van der Waals surface area contributed by atoms with E-state index in [1.807, 2.05) is 0 Å². The van der Waals surface area contributed by atoms with Crippen molar-refractivity contribution >= 4 is 27.9 Å². The van der Waals surface area contributed by atoms with Gasteiger partial charge in [-0.05, 0) is 17.8 Å². The Bertz CT molecular complexity index is 698. The SMILES string of the molecule is NC1C2CCCOC2C1Nc1nc2sccn2c1[N+](=O)[O-]. The van der Waals surface area contributed by atoms with Crippen molar-refractivity contribution in [2.24, 2.45) is 11.7 Å². The van der Waals surface area contributed by atoms with Gasteiger partial charge in [0.1, 0.15) is 6.20 Å². The molecule has 0 bridgehead atoms. The second kappa shape index (κ2) is 4.65. The average molecular weight is 309 g/mol. The smallest absolute Gasteiger partial charge is 0.372 e. The number of nitrogens with zero attached hydrogens (tertiary/aromatic N) is 3. The molecule has 4 atom stereocenters. The number of hydrogen-bond acceptors (Lipinski definition) is 7. The van der Waals surface area contributed by atoms with Gasteiger partial charge < -0.3 is 25.9 Å². The van der Waals surface area contributed by atoms with Gasteiger partial charge in [-0.1, -0.05) is 11.3 Å². The summed E-state index contributed by atoms with van der Waals surface area (Å²) >= 11 is 1.36. The van der Waals surface area contributed by atoms with Crippen LogP contribution in [0.25, 0.3) is 4.96 Å². The summed E-state index contributed by atoms with van der Waals surface area (Å²) in [5.41, 5.74) is 6.18. The number of nitro groups is 1. The van der Waals surface area contributed by atoms with Crippen molar-refractivity contribution in [3.63, 3.8) is 0 Å². The molecule has 1 aliphatic carbocycles. The Morgan fingerprint density at radius 1 is 1.62 bits per heavy atom. The van der Waals surface area contributed by atoms with E-state index in [1.165, 1.54) is 15.7 Å². The van der Waals surface area contributed by atoms with Crippen LogP contribution < -0.4 is 11.1 Å². The minimum absolute atomic E-state index is 0.0353. The molecule has 1 saturated heterocycles. The molecular weight excluding hydrogens is 294 g/mol. The van der Waals surface area contributed by atoms with Crippen LogP contribution >= 0.6 is 11.3 Å². The molecule has 21 heavy (non-hydrogen) atoms. The van der Waals surface area contributed by atoms with Crippen LogP contribution in [0.2, 0.25) is 0 Å². The summed E-state index contributed by atoms with van der Waals surface area (Å²) in [5.74, 6) is 0.580. The van der Waals surface area contributed by atoms with Crippen molar-refractivity contribution in [1.29, 1.82) is 0 Å². The molecule has 8 nitrogen and oxygen atoms in total. The first-order valence-electron chi connectivity index (χ1n) is 6.90. The molecule has 2 aliphatic rings. The molecule has 0 spiro atoms. The van der Waals surface area contributed by atoms with Gasteiger partial charge in [-0.25, -0.2) is 0 Å². The molecular formula is C12H15N5O3S. The van der Waals surface area contributed by atoms with E-state index in [0.717, 1.165) is 19.4 Å². The van der Waals surface area contributed by atoms with E-state index in [4.69, 9.17) is 10.5 Å². The monoisotopic (exact) mass is 309 g/mol. The molecule has 0 aromatic carbocycles. The van der Waals surface area contributed by atoms with Gasteiger partial charge in [-0.15, -0.1) is 0 Å². The predicted molar refractivity (Wildman–Crippen MR) is 77.6 cm³/mol. The fourth-order valence-corrected chi connectivity index (χ4v) is 4.04. The van der Waals surface area contributed by atoms with E-state index in [1.54, 1.807) is 11.6 Å². The third kappa shape index (κ3) is 1.84. The van der Waals surface area contributed by atoms with E-state index in [2.05, 4.69) is 10.3 Å². The van der Waals surface area contributed by atoms with Crippen LogP contribution in [0.15, 0.2) is 11.6 Å².